The lowest BCUT2D eigenvalue weighted by Gasteiger charge is -2.45. The first-order chi connectivity index (χ1) is 10.2. The van der Waals surface area contributed by atoms with Crippen molar-refractivity contribution in [1.82, 2.24) is 15.2 Å². The first-order valence-electron chi connectivity index (χ1n) is 7.99. The minimum absolute atomic E-state index is 0.104. The van der Waals surface area contributed by atoms with Gasteiger partial charge >= 0.3 is 0 Å². The molecule has 0 saturated heterocycles. The number of pyridine rings is 1. The number of nitrogens with one attached hydrogen (secondary N) is 1. The summed E-state index contributed by atoms with van der Waals surface area (Å²) < 4.78 is 5.55. The average Bonchev–Trinajstić information content (AvgIpc) is 2.75. The van der Waals surface area contributed by atoms with Crippen LogP contribution in [-0.2, 0) is 0 Å². The van der Waals surface area contributed by atoms with E-state index in [1.807, 2.05) is 25.4 Å². The van der Waals surface area contributed by atoms with Crippen LogP contribution in [0.25, 0.3) is 0 Å². The average molecular weight is 291 g/mol. The lowest BCUT2D eigenvalue weighted by Crippen LogP contribution is -2.53. The van der Waals surface area contributed by atoms with E-state index in [2.05, 4.69) is 29.3 Å². The highest BCUT2D eigenvalue weighted by atomic mass is 16.5. The maximum atomic E-state index is 5.55. The number of ether oxygens (including phenoxy) is 1. The van der Waals surface area contributed by atoms with Crippen LogP contribution in [0, 0.1) is 0 Å². The zero-order valence-corrected chi connectivity index (χ0v) is 13.9. The number of aromatic nitrogens is 1. The van der Waals surface area contributed by atoms with E-state index in [1.165, 1.54) is 38.5 Å². The molecule has 1 atom stereocenters. The Morgan fingerprint density at radius 1 is 1.24 bits per heavy atom. The third-order valence-corrected chi connectivity index (χ3v) is 4.98. The van der Waals surface area contributed by atoms with Crippen LogP contribution in [0.15, 0.2) is 18.3 Å². The van der Waals surface area contributed by atoms with Crippen molar-refractivity contribution in [2.45, 2.75) is 50.1 Å². The Hall–Kier alpha value is -1.13. The fraction of sp³-hybridized carbons (Fsp3) is 0.706. The van der Waals surface area contributed by atoms with Crippen LogP contribution in [0.4, 0.5) is 0 Å². The summed E-state index contributed by atoms with van der Waals surface area (Å²) in [7, 11) is 8.16. The van der Waals surface area contributed by atoms with Gasteiger partial charge in [0.1, 0.15) is 11.4 Å². The summed E-state index contributed by atoms with van der Waals surface area (Å²) in [5.41, 5.74) is 1.13. The molecule has 0 radical (unpaired) electrons. The molecule has 2 rings (SSSR count). The SMILES string of the molecule is CNC(c1ncccc1OC)C1(N(C)C)CCCCCC1. The second-order valence-electron chi connectivity index (χ2n) is 6.22. The molecule has 1 saturated carbocycles. The van der Waals surface area contributed by atoms with Crippen molar-refractivity contribution in [3.8, 4) is 5.75 Å². The topological polar surface area (TPSA) is 37.4 Å². The van der Waals surface area contributed by atoms with Crippen molar-refractivity contribution in [2.24, 2.45) is 0 Å². The van der Waals surface area contributed by atoms with Gasteiger partial charge in [0.15, 0.2) is 0 Å². The van der Waals surface area contributed by atoms with Crippen LogP contribution in [0.3, 0.4) is 0 Å². The van der Waals surface area contributed by atoms with Crippen LogP contribution in [0.1, 0.15) is 50.3 Å². The Bertz CT molecular complexity index is 439. The smallest absolute Gasteiger partial charge is 0.142 e. The molecule has 0 amide bonds. The molecular weight excluding hydrogens is 262 g/mol. The Balaban J connectivity index is 2.44. The normalized spacial score (nSPS) is 20.0. The highest BCUT2D eigenvalue weighted by molar-refractivity contribution is 5.32. The number of likely N-dealkylation sites (N-methyl/N-ethyl adjacent to an activating group) is 2. The third kappa shape index (κ3) is 3.22. The van der Waals surface area contributed by atoms with E-state index in [0.29, 0.717) is 0 Å². The van der Waals surface area contributed by atoms with Crippen molar-refractivity contribution in [2.75, 3.05) is 28.3 Å². The van der Waals surface area contributed by atoms with Crippen LogP contribution >= 0.6 is 0 Å². The maximum absolute atomic E-state index is 5.55. The minimum atomic E-state index is 0.104. The number of methoxy groups -OCH3 is 1. The van der Waals surface area contributed by atoms with E-state index in [-0.39, 0.29) is 11.6 Å². The van der Waals surface area contributed by atoms with Gasteiger partial charge in [-0.05, 0) is 46.1 Å². The van der Waals surface area contributed by atoms with Crippen molar-refractivity contribution < 1.29 is 4.74 Å². The number of hydrogen-bond donors (Lipinski definition) is 1. The lowest BCUT2D eigenvalue weighted by atomic mass is 9.79. The van der Waals surface area contributed by atoms with Gasteiger partial charge in [-0.25, -0.2) is 0 Å². The quantitative estimate of drug-likeness (QED) is 0.846. The van der Waals surface area contributed by atoms with E-state index in [9.17, 15) is 0 Å². The molecule has 1 aromatic rings. The Morgan fingerprint density at radius 3 is 2.43 bits per heavy atom. The fourth-order valence-corrected chi connectivity index (χ4v) is 3.79. The molecule has 0 spiro atoms. The molecule has 118 valence electrons. The van der Waals surface area contributed by atoms with Gasteiger partial charge in [0.05, 0.1) is 13.2 Å². The van der Waals surface area contributed by atoms with E-state index in [4.69, 9.17) is 4.74 Å². The zero-order chi connectivity index (χ0) is 15.3. The fourth-order valence-electron chi connectivity index (χ4n) is 3.79. The zero-order valence-electron chi connectivity index (χ0n) is 13.9. The summed E-state index contributed by atoms with van der Waals surface area (Å²) in [6, 6.07) is 4.12. The molecule has 1 N–H and O–H groups in total. The molecule has 1 aromatic heterocycles. The molecule has 1 aliphatic carbocycles. The monoisotopic (exact) mass is 291 g/mol. The van der Waals surface area contributed by atoms with Gasteiger partial charge in [-0.3, -0.25) is 4.98 Å². The lowest BCUT2D eigenvalue weighted by molar-refractivity contribution is 0.0804. The van der Waals surface area contributed by atoms with Crippen LogP contribution < -0.4 is 10.1 Å². The van der Waals surface area contributed by atoms with Gasteiger partial charge < -0.3 is 15.0 Å². The van der Waals surface area contributed by atoms with Crippen molar-refractivity contribution in [3.05, 3.63) is 24.0 Å². The molecule has 0 aromatic carbocycles. The summed E-state index contributed by atoms with van der Waals surface area (Å²) in [6.07, 6.45) is 9.51. The van der Waals surface area contributed by atoms with Crippen LogP contribution in [0.2, 0.25) is 0 Å². The molecule has 1 aliphatic rings. The Kier molecular flexibility index (Phi) is 5.59. The molecule has 1 heterocycles. The molecule has 21 heavy (non-hydrogen) atoms. The summed E-state index contributed by atoms with van der Waals surface area (Å²) in [5.74, 6) is 0.877. The molecule has 1 unspecified atom stereocenters. The van der Waals surface area contributed by atoms with Gasteiger partial charge in [-0.2, -0.15) is 0 Å². The Morgan fingerprint density at radius 2 is 1.90 bits per heavy atom. The van der Waals surface area contributed by atoms with Crippen molar-refractivity contribution >= 4 is 0 Å². The predicted molar refractivity (Wildman–Crippen MR) is 86.7 cm³/mol. The first kappa shape index (κ1) is 16.2. The maximum Gasteiger partial charge on any atom is 0.142 e. The molecule has 0 bridgehead atoms. The summed E-state index contributed by atoms with van der Waals surface area (Å²) in [4.78, 5) is 7.04. The second-order valence-corrected chi connectivity index (χ2v) is 6.22. The predicted octanol–water partition coefficient (Wildman–Crippen LogP) is 3.01. The summed E-state index contributed by atoms with van der Waals surface area (Å²) in [6.45, 7) is 0. The van der Waals surface area contributed by atoms with Gasteiger partial charge in [-0.1, -0.05) is 25.7 Å². The van der Waals surface area contributed by atoms with Gasteiger partial charge in [0, 0.05) is 11.7 Å². The van der Waals surface area contributed by atoms with Crippen LogP contribution in [-0.4, -0.2) is 43.7 Å². The standard InChI is InChI=1S/C17H29N3O/c1-18-16(15-14(21-4)10-9-13-19-15)17(20(2)3)11-7-5-6-8-12-17/h9-10,13,16,18H,5-8,11-12H2,1-4H3. The molecule has 4 heteroatoms. The van der Waals surface area contributed by atoms with E-state index in [1.54, 1.807) is 7.11 Å². The molecule has 1 fully saturated rings. The van der Waals surface area contributed by atoms with Crippen LogP contribution in [0.5, 0.6) is 5.75 Å². The molecular formula is C17H29N3O. The number of rotatable bonds is 5. The Labute approximate surface area is 128 Å². The third-order valence-electron chi connectivity index (χ3n) is 4.98. The second kappa shape index (κ2) is 7.23. The largest absolute Gasteiger partial charge is 0.495 e. The number of nitrogens with zero attached hydrogens (tertiary/aromatic N) is 2. The first-order valence-corrected chi connectivity index (χ1v) is 7.99. The van der Waals surface area contributed by atoms with E-state index < -0.39 is 0 Å². The molecule has 0 aliphatic heterocycles. The van der Waals surface area contributed by atoms with E-state index in [0.717, 1.165) is 11.4 Å². The van der Waals surface area contributed by atoms with Gasteiger partial charge in [0.25, 0.3) is 0 Å². The summed E-state index contributed by atoms with van der Waals surface area (Å²) >= 11 is 0. The van der Waals surface area contributed by atoms with Gasteiger partial charge in [-0.15, -0.1) is 0 Å². The van der Waals surface area contributed by atoms with Crippen molar-refractivity contribution in [3.63, 3.8) is 0 Å². The highest BCUT2D eigenvalue weighted by Crippen LogP contribution is 2.42. The van der Waals surface area contributed by atoms with Crippen molar-refractivity contribution in [1.29, 1.82) is 0 Å². The molecule has 4 nitrogen and oxygen atoms in total. The van der Waals surface area contributed by atoms with Gasteiger partial charge in [0.2, 0.25) is 0 Å². The minimum Gasteiger partial charge on any atom is -0.495 e. The highest BCUT2D eigenvalue weighted by Gasteiger charge is 2.42. The summed E-state index contributed by atoms with van der Waals surface area (Å²) in [5, 5.41) is 3.53. The number of hydrogen-bond acceptors (Lipinski definition) is 4. The van der Waals surface area contributed by atoms with E-state index >= 15 is 0 Å².